The fourth-order valence-corrected chi connectivity index (χ4v) is 5.03. The van der Waals surface area contributed by atoms with Gasteiger partial charge in [0.1, 0.15) is 0 Å². The minimum atomic E-state index is -3.72. The molecular weight excluding hydrogens is 444 g/mol. The van der Waals surface area contributed by atoms with Gasteiger partial charge in [-0.05, 0) is 48.5 Å². The lowest BCUT2D eigenvalue weighted by atomic mass is 10.3. The Morgan fingerprint density at radius 1 is 0.900 bits per heavy atom. The van der Waals surface area contributed by atoms with E-state index < -0.39 is 16.1 Å². The van der Waals surface area contributed by atoms with Gasteiger partial charge < -0.3 is 10.6 Å². The Morgan fingerprint density at radius 2 is 1.63 bits per heavy atom. The van der Waals surface area contributed by atoms with Gasteiger partial charge in [-0.3, -0.25) is 4.72 Å². The Morgan fingerprint density at radius 3 is 2.37 bits per heavy atom. The summed E-state index contributed by atoms with van der Waals surface area (Å²) in [4.78, 5) is 16.7. The van der Waals surface area contributed by atoms with Crippen molar-refractivity contribution in [3.63, 3.8) is 0 Å². The number of nitrogens with zero attached hydrogens (tertiary/aromatic N) is 1. The summed E-state index contributed by atoms with van der Waals surface area (Å²) in [6, 6.07) is 19.6. The second-order valence-corrected chi connectivity index (χ2v) is 9.36. The zero-order valence-corrected chi connectivity index (χ0v) is 17.7. The molecule has 0 bridgehead atoms. The third kappa shape index (κ3) is 4.70. The maximum atomic E-state index is 12.5. The van der Waals surface area contributed by atoms with Gasteiger partial charge in [-0.1, -0.05) is 47.2 Å². The number of aromatic nitrogens is 1. The van der Waals surface area contributed by atoms with Crippen LogP contribution in [0.4, 0.5) is 21.3 Å². The molecule has 0 saturated carbocycles. The molecule has 0 aliphatic carbocycles. The highest BCUT2D eigenvalue weighted by Crippen LogP contribution is 2.30. The number of hydrogen-bond acceptors (Lipinski definition) is 5. The molecule has 0 atom stereocenters. The van der Waals surface area contributed by atoms with Gasteiger partial charge >= 0.3 is 6.03 Å². The van der Waals surface area contributed by atoms with Crippen LogP contribution in [0, 0.1) is 0 Å². The summed E-state index contributed by atoms with van der Waals surface area (Å²) >= 11 is 7.09. The predicted molar refractivity (Wildman–Crippen MR) is 121 cm³/mol. The molecule has 0 saturated heterocycles. The van der Waals surface area contributed by atoms with Crippen LogP contribution in [-0.2, 0) is 10.0 Å². The lowest BCUT2D eigenvalue weighted by Crippen LogP contribution is -2.19. The molecule has 2 amide bonds. The van der Waals surface area contributed by atoms with Crippen LogP contribution in [-0.4, -0.2) is 19.4 Å². The van der Waals surface area contributed by atoms with Crippen molar-refractivity contribution in [3.8, 4) is 0 Å². The highest BCUT2D eigenvalue weighted by molar-refractivity contribution is 7.93. The van der Waals surface area contributed by atoms with E-state index in [0.29, 0.717) is 21.9 Å². The third-order valence-corrected chi connectivity index (χ3v) is 6.66. The molecule has 0 aliphatic rings. The molecule has 0 radical (unpaired) electrons. The van der Waals surface area contributed by atoms with Crippen LogP contribution >= 0.6 is 22.9 Å². The van der Waals surface area contributed by atoms with Gasteiger partial charge in [0, 0.05) is 16.4 Å². The van der Waals surface area contributed by atoms with E-state index >= 15 is 0 Å². The van der Waals surface area contributed by atoms with E-state index in [0.717, 1.165) is 4.70 Å². The molecule has 0 fully saturated rings. The van der Waals surface area contributed by atoms with Crippen LogP contribution < -0.4 is 15.4 Å². The summed E-state index contributed by atoms with van der Waals surface area (Å²) in [5.74, 6) is 0. The average Bonchev–Trinajstić information content (AvgIpc) is 3.09. The van der Waals surface area contributed by atoms with Crippen molar-refractivity contribution in [2.45, 2.75) is 4.90 Å². The zero-order chi connectivity index (χ0) is 21.1. The number of nitrogens with one attached hydrogen (secondary N) is 3. The van der Waals surface area contributed by atoms with E-state index in [1.165, 1.54) is 23.5 Å². The fraction of sp³-hybridized carbons (Fsp3) is 0. The number of sulfonamides is 1. The first-order valence-corrected chi connectivity index (χ1v) is 11.4. The average molecular weight is 459 g/mol. The molecule has 3 aromatic carbocycles. The van der Waals surface area contributed by atoms with Crippen molar-refractivity contribution in [1.82, 2.24) is 4.98 Å². The van der Waals surface area contributed by atoms with Crippen molar-refractivity contribution >= 4 is 65.7 Å². The molecule has 4 aromatic rings. The Hall–Kier alpha value is -3.14. The third-order valence-electron chi connectivity index (χ3n) is 4.00. The Kier molecular flexibility index (Phi) is 5.58. The zero-order valence-electron chi connectivity index (χ0n) is 15.3. The number of rotatable bonds is 5. The van der Waals surface area contributed by atoms with Crippen LogP contribution in [0.1, 0.15) is 0 Å². The highest BCUT2D eigenvalue weighted by atomic mass is 35.5. The first kappa shape index (κ1) is 20.1. The molecule has 7 nitrogen and oxygen atoms in total. The number of benzene rings is 3. The van der Waals surface area contributed by atoms with E-state index in [9.17, 15) is 13.2 Å². The SMILES string of the molecule is O=C(Nc1cccc(Cl)c1)Nc1ccc2nc(NS(=O)(=O)c3ccccc3)sc2c1. The number of halogens is 1. The van der Waals surface area contributed by atoms with E-state index in [-0.39, 0.29) is 10.0 Å². The lowest BCUT2D eigenvalue weighted by Gasteiger charge is -2.07. The molecule has 0 spiro atoms. The minimum Gasteiger partial charge on any atom is -0.308 e. The maximum Gasteiger partial charge on any atom is 0.323 e. The molecule has 0 unspecified atom stereocenters. The molecular formula is C20H15ClN4O3S2. The van der Waals surface area contributed by atoms with E-state index in [1.807, 2.05) is 0 Å². The van der Waals surface area contributed by atoms with Crippen molar-refractivity contribution in [3.05, 3.63) is 77.8 Å². The number of fused-ring (bicyclic) bond motifs is 1. The summed E-state index contributed by atoms with van der Waals surface area (Å²) in [7, 11) is -3.72. The van der Waals surface area contributed by atoms with Gasteiger partial charge in [0.2, 0.25) is 0 Å². The second kappa shape index (κ2) is 8.31. The smallest absolute Gasteiger partial charge is 0.308 e. The summed E-state index contributed by atoms with van der Waals surface area (Å²) in [6.07, 6.45) is 0. The van der Waals surface area contributed by atoms with Gasteiger partial charge in [-0.2, -0.15) is 0 Å². The first-order chi connectivity index (χ1) is 14.4. The molecule has 10 heteroatoms. The van der Waals surface area contributed by atoms with Crippen LogP contribution in [0.15, 0.2) is 77.7 Å². The number of hydrogen-bond donors (Lipinski definition) is 3. The predicted octanol–water partition coefficient (Wildman–Crippen LogP) is 5.39. The molecule has 1 aromatic heterocycles. The van der Waals surface area contributed by atoms with Crippen LogP contribution in [0.5, 0.6) is 0 Å². The number of carbonyl (C=O) groups excluding carboxylic acids is 1. The Bertz CT molecular complexity index is 1320. The van der Waals surface area contributed by atoms with E-state index in [4.69, 9.17) is 11.6 Å². The van der Waals surface area contributed by atoms with Gasteiger partial charge in [-0.25, -0.2) is 18.2 Å². The van der Waals surface area contributed by atoms with E-state index in [2.05, 4.69) is 20.3 Å². The van der Waals surface area contributed by atoms with Gasteiger partial charge in [0.15, 0.2) is 5.13 Å². The quantitative estimate of drug-likeness (QED) is 0.373. The number of amides is 2. The Labute approximate surface area is 181 Å². The topological polar surface area (TPSA) is 100 Å². The number of thiazole rings is 1. The van der Waals surface area contributed by atoms with Crippen LogP contribution in [0.2, 0.25) is 5.02 Å². The van der Waals surface area contributed by atoms with Crippen molar-refractivity contribution in [1.29, 1.82) is 0 Å². The van der Waals surface area contributed by atoms with Crippen LogP contribution in [0.25, 0.3) is 10.2 Å². The standard InChI is InChI=1S/C20H15ClN4O3S2/c21-13-5-4-6-14(11-13)22-19(26)23-15-9-10-17-18(12-15)29-20(24-17)25-30(27,28)16-7-2-1-3-8-16/h1-12H,(H,24,25)(H2,22,23,26). The molecule has 1 heterocycles. The van der Waals surface area contributed by atoms with E-state index in [1.54, 1.807) is 60.7 Å². The molecule has 0 aliphatic heterocycles. The first-order valence-electron chi connectivity index (χ1n) is 8.71. The normalized spacial score (nSPS) is 11.2. The monoisotopic (exact) mass is 458 g/mol. The van der Waals surface area contributed by atoms with Crippen molar-refractivity contribution in [2.75, 3.05) is 15.4 Å². The summed E-state index contributed by atoms with van der Waals surface area (Å²) in [5.41, 5.74) is 1.73. The number of carbonyl (C=O) groups is 1. The molecule has 30 heavy (non-hydrogen) atoms. The second-order valence-electron chi connectivity index (χ2n) is 6.21. The summed E-state index contributed by atoms with van der Waals surface area (Å²) < 4.78 is 28.2. The van der Waals surface area contributed by atoms with Gasteiger partial charge in [0.05, 0.1) is 15.1 Å². The molecule has 152 valence electrons. The highest BCUT2D eigenvalue weighted by Gasteiger charge is 2.16. The fourth-order valence-electron chi connectivity index (χ4n) is 2.68. The van der Waals surface area contributed by atoms with Crippen molar-refractivity contribution < 1.29 is 13.2 Å². The number of urea groups is 1. The number of anilines is 3. The lowest BCUT2D eigenvalue weighted by molar-refractivity contribution is 0.262. The summed E-state index contributed by atoms with van der Waals surface area (Å²) in [6.45, 7) is 0. The van der Waals surface area contributed by atoms with Gasteiger partial charge in [0.25, 0.3) is 10.0 Å². The van der Waals surface area contributed by atoms with Gasteiger partial charge in [-0.15, -0.1) is 0 Å². The minimum absolute atomic E-state index is 0.157. The van der Waals surface area contributed by atoms with Crippen molar-refractivity contribution in [2.24, 2.45) is 0 Å². The summed E-state index contributed by atoms with van der Waals surface area (Å²) in [5, 5.41) is 6.19. The van der Waals surface area contributed by atoms with Crippen LogP contribution in [0.3, 0.4) is 0 Å². The molecule has 4 rings (SSSR count). The maximum absolute atomic E-state index is 12.5. The molecule has 3 N–H and O–H groups in total. The largest absolute Gasteiger partial charge is 0.323 e. The Balaban J connectivity index is 1.49.